The molecule has 6 nitrogen and oxygen atoms in total. The van der Waals surface area contributed by atoms with E-state index in [0.717, 1.165) is 77.0 Å². The van der Waals surface area contributed by atoms with Crippen LogP contribution in [-0.2, 0) is 28.6 Å². The number of carbonyl (C=O) groups excluding carboxylic acids is 3. The maximum Gasteiger partial charge on any atom is 0.306 e. The van der Waals surface area contributed by atoms with Gasteiger partial charge in [0.15, 0.2) is 6.10 Å². The second-order valence-corrected chi connectivity index (χ2v) is 23.8. The SMILES string of the molecule is CCCCCC/C=C\C/C=C\CCCCCCCCCC(=O)OC(COC(=O)CCCCCCC/C=C\CCCCCCCCC)COC(=O)CCCCCCCCCCCCCCCCC/C=C\CCCCCCCCCC. The van der Waals surface area contributed by atoms with E-state index in [-0.39, 0.29) is 31.1 Å². The Kier molecular flexibility index (Phi) is 65.6. The Hall–Kier alpha value is -2.63. The van der Waals surface area contributed by atoms with Gasteiger partial charge in [0.05, 0.1) is 0 Å². The molecule has 1 atom stereocenters. The molecule has 462 valence electrons. The standard InChI is InChI=1S/C73H134O6/c1-4-7-10-13-16-19-22-25-28-31-33-34-35-36-37-38-39-40-41-43-45-48-51-54-57-60-63-66-72(75)78-69-70(68-77-71(74)65-62-59-56-53-50-47-44-30-27-24-21-18-15-12-9-6-3)79-73(76)67-64-61-58-55-52-49-46-42-32-29-26-23-20-17-14-11-8-5-2/h20,23,29-33,44,70H,4-19,21-22,24-28,34-43,45-69H2,1-3H3/b23-20-,32-29-,33-31-,44-30-. The average Bonchev–Trinajstić information content (AvgIpc) is 3.45. The second kappa shape index (κ2) is 67.9. The third-order valence-corrected chi connectivity index (χ3v) is 15.8. The van der Waals surface area contributed by atoms with Gasteiger partial charge in [0.1, 0.15) is 13.2 Å². The summed E-state index contributed by atoms with van der Waals surface area (Å²) in [4.78, 5) is 38.4. The van der Waals surface area contributed by atoms with E-state index in [1.807, 2.05) is 0 Å². The minimum Gasteiger partial charge on any atom is -0.462 e. The number of allylic oxidation sites excluding steroid dienone is 8. The third-order valence-electron chi connectivity index (χ3n) is 15.8. The molecule has 0 spiro atoms. The minimum absolute atomic E-state index is 0.0757. The highest BCUT2D eigenvalue weighted by Crippen LogP contribution is 2.18. The van der Waals surface area contributed by atoms with Crippen molar-refractivity contribution in [3.05, 3.63) is 48.6 Å². The maximum atomic E-state index is 12.9. The van der Waals surface area contributed by atoms with Gasteiger partial charge in [-0.15, -0.1) is 0 Å². The van der Waals surface area contributed by atoms with Gasteiger partial charge in [-0.05, 0) is 103 Å². The van der Waals surface area contributed by atoms with Crippen molar-refractivity contribution in [1.29, 1.82) is 0 Å². The van der Waals surface area contributed by atoms with Crippen LogP contribution in [0.3, 0.4) is 0 Å². The zero-order valence-electron chi connectivity index (χ0n) is 53.2. The minimum atomic E-state index is -0.781. The number of rotatable bonds is 65. The van der Waals surface area contributed by atoms with Gasteiger partial charge in [-0.25, -0.2) is 0 Å². The number of carbonyl (C=O) groups is 3. The lowest BCUT2D eigenvalue weighted by Gasteiger charge is -2.18. The van der Waals surface area contributed by atoms with Crippen LogP contribution in [0.4, 0.5) is 0 Å². The fourth-order valence-corrected chi connectivity index (χ4v) is 10.5. The summed E-state index contributed by atoms with van der Waals surface area (Å²) in [6.07, 6.45) is 85.6. The number of hydrogen-bond acceptors (Lipinski definition) is 6. The Morgan fingerprint density at radius 2 is 0.456 bits per heavy atom. The molecule has 0 saturated carbocycles. The van der Waals surface area contributed by atoms with E-state index in [9.17, 15) is 14.4 Å². The van der Waals surface area contributed by atoms with Crippen LogP contribution in [0.5, 0.6) is 0 Å². The average molecular weight is 1110 g/mol. The number of unbranched alkanes of at least 4 members (excludes halogenated alkanes) is 46. The van der Waals surface area contributed by atoms with E-state index in [0.29, 0.717) is 19.3 Å². The molecule has 0 bridgehead atoms. The normalized spacial score (nSPS) is 12.3. The molecule has 0 radical (unpaired) electrons. The monoisotopic (exact) mass is 1110 g/mol. The van der Waals surface area contributed by atoms with E-state index in [2.05, 4.69) is 69.4 Å². The van der Waals surface area contributed by atoms with Crippen LogP contribution in [-0.4, -0.2) is 37.2 Å². The number of ether oxygens (including phenoxy) is 3. The van der Waals surface area contributed by atoms with E-state index in [4.69, 9.17) is 14.2 Å². The lowest BCUT2D eigenvalue weighted by molar-refractivity contribution is -0.167. The highest BCUT2D eigenvalue weighted by molar-refractivity contribution is 5.71. The Labute approximate surface area is 492 Å². The van der Waals surface area contributed by atoms with E-state index < -0.39 is 6.10 Å². The van der Waals surface area contributed by atoms with E-state index in [1.165, 1.54) is 263 Å². The van der Waals surface area contributed by atoms with Crippen LogP contribution in [0.15, 0.2) is 48.6 Å². The van der Waals surface area contributed by atoms with Gasteiger partial charge in [-0.3, -0.25) is 14.4 Å². The number of hydrogen-bond donors (Lipinski definition) is 0. The fraction of sp³-hybridized carbons (Fsp3) is 0.849. The highest BCUT2D eigenvalue weighted by Gasteiger charge is 2.19. The van der Waals surface area contributed by atoms with E-state index in [1.54, 1.807) is 0 Å². The van der Waals surface area contributed by atoms with Crippen LogP contribution in [0.25, 0.3) is 0 Å². The third kappa shape index (κ3) is 66.1. The summed E-state index contributed by atoms with van der Waals surface area (Å²) in [5, 5.41) is 0. The predicted molar refractivity (Wildman–Crippen MR) is 344 cm³/mol. The Balaban J connectivity index is 4.27. The first-order valence-electron chi connectivity index (χ1n) is 35.1. The van der Waals surface area contributed by atoms with Crippen LogP contribution >= 0.6 is 0 Å². The van der Waals surface area contributed by atoms with Crippen LogP contribution in [0.1, 0.15) is 380 Å². The van der Waals surface area contributed by atoms with Crippen molar-refractivity contribution in [1.82, 2.24) is 0 Å². The van der Waals surface area contributed by atoms with Gasteiger partial charge < -0.3 is 14.2 Å². The smallest absolute Gasteiger partial charge is 0.306 e. The molecule has 0 amide bonds. The zero-order valence-corrected chi connectivity index (χ0v) is 53.2. The molecular formula is C73H134O6. The summed E-state index contributed by atoms with van der Waals surface area (Å²) in [6.45, 7) is 6.67. The second-order valence-electron chi connectivity index (χ2n) is 23.8. The van der Waals surface area contributed by atoms with Gasteiger partial charge in [0.25, 0.3) is 0 Å². The lowest BCUT2D eigenvalue weighted by atomic mass is 10.0. The summed E-state index contributed by atoms with van der Waals surface area (Å²) < 4.78 is 17.0. The molecule has 0 fully saturated rings. The van der Waals surface area contributed by atoms with Crippen molar-refractivity contribution in [3.63, 3.8) is 0 Å². The van der Waals surface area contributed by atoms with Gasteiger partial charge >= 0.3 is 17.9 Å². The molecule has 0 aliphatic heterocycles. The van der Waals surface area contributed by atoms with Gasteiger partial charge in [-0.1, -0.05) is 307 Å². The largest absolute Gasteiger partial charge is 0.462 e. The molecule has 0 saturated heterocycles. The van der Waals surface area contributed by atoms with Gasteiger partial charge in [-0.2, -0.15) is 0 Å². The molecule has 0 N–H and O–H groups in total. The van der Waals surface area contributed by atoms with Crippen molar-refractivity contribution >= 4 is 17.9 Å². The molecule has 0 aliphatic carbocycles. The first kappa shape index (κ1) is 76.4. The topological polar surface area (TPSA) is 78.9 Å². The van der Waals surface area contributed by atoms with Gasteiger partial charge in [0, 0.05) is 19.3 Å². The van der Waals surface area contributed by atoms with Crippen molar-refractivity contribution in [2.45, 2.75) is 386 Å². The summed E-state index contributed by atoms with van der Waals surface area (Å²) in [5.41, 5.74) is 0. The summed E-state index contributed by atoms with van der Waals surface area (Å²) in [5.74, 6) is -0.868. The Morgan fingerprint density at radius 3 is 0.722 bits per heavy atom. The van der Waals surface area contributed by atoms with Crippen molar-refractivity contribution in [2.75, 3.05) is 13.2 Å². The Morgan fingerprint density at radius 1 is 0.253 bits per heavy atom. The van der Waals surface area contributed by atoms with Gasteiger partial charge in [0.2, 0.25) is 0 Å². The molecule has 0 rings (SSSR count). The van der Waals surface area contributed by atoms with Crippen LogP contribution in [0, 0.1) is 0 Å². The van der Waals surface area contributed by atoms with Crippen LogP contribution < -0.4 is 0 Å². The summed E-state index contributed by atoms with van der Waals surface area (Å²) in [7, 11) is 0. The highest BCUT2D eigenvalue weighted by atomic mass is 16.6. The summed E-state index contributed by atoms with van der Waals surface area (Å²) >= 11 is 0. The maximum absolute atomic E-state index is 12.9. The lowest BCUT2D eigenvalue weighted by Crippen LogP contribution is -2.30. The van der Waals surface area contributed by atoms with Crippen molar-refractivity contribution in [3.8, 4) is 0 Å². The van der Waals surface area contributed by atoms with E-state index >= 15 is 0 Å². The molecule has 1 unspecified atom stereocenters. The fourth-order valence-electron chi connectivity index (χ4n) is 10.5. The molecule has 0 heterocycles. The molecule has 0 aromatic rings. The first-order valence-corrected chi connectivity index (χ1v) is 35.1. The number of esters is 3. The first-order chi connectivity index (χ1) is 39.0. The quantitative estimate of drug-likeness (QED) is 0.0261. The molecular weight excluding hydrogens is 973 g/mol. The summed E-state index contributed by atoms with van der Waals surface area (Å²) in [6, 6.07) is 0. The Bertz CT molecular complexity index is 1360. The molecule has 0 aromatic carbocycles. The van der Waals surface area contributed by atoms with Crippen molar-refractivity contribution < 1.29 is 28.6 Å². The van der Waals surface area contributed by atoms with Crippen LogP contribution in [0.2, 0.25) is 0 Å². The molecule has 79 heavy (non-hydrogen) atoms. The van der Waals surface area contributed by atoms with Crippen molar-refractivity contribution in [2.24, 2.45) is 0 Å². The molecule has 0 aromatic heterocycles. The molecule has 6 heteroatoms. The predicted octanol–water partition coefficient (Wildman–Crippen LogP) is 24.1. The zero-order chi connectivity index (χ0) is 57.1. The molecule has 0 aliphatic rings.